The molecule has 0 unspecified atom stereocenters. The zero-order chi connectivity index (χ0) is 20.3. The average molecular weight is 397 g/mol. The predicted molar refractivity (Wildman–Crippen MR) is 88.9 cm³/mol. The van der Waals surface area contributed by atoms with Gasteiger partial charge in [0.25, 0.3) is 5.91 Å². The Kier molecular flexibility index (Phi) is 5.30. The predicted octanol–water partition coefficient (Wildman–Crippen LogP) is 2.88. The Hall–Kier alpha value is -3.43. The van der Waals surface area contributed by atoms with Crippen LogP contribution >= 0.6 is 0 Å². The number of amides is 1. The van der Waals surface area contributed by atoms with E-state index >= 15 is 0 Å². The first-order valence-corrected chi connectivity index (χ1v) is 7.93. The van der Waals surface area contributed by atoms with Gasteiger partial charge in [0.1, 0.15) is 0 Å². The standard InChI is InChI=1S/C18H14F3NO6/c1-25-13-4-2-10(6-12(13)19)7-17(24)26-9-16(23)22-11-3-5-14-15(8-11)28-18(20,21)27-14/h2-6,8H,7,9H2,1H3,(H,22,23). The number of hydrogen-bond acceptors (Lipinski definition) is 6. The molecule has 0 aromatic heterocycles. The lowest BCUT2D eigenvalue weighted by Gasteiger charge is -2.08. The van der Waals surface area contributed by atoms with Crippen LogP contribution in [0.5, 0.6) is 17.2 Å². The molecule has 28 heavy (non-hydrogen) atoms. The summed E-state index contributed by atoms with van der Waals surface area (Å²) in [6.45, 7) is -0.609. The van der Waals surface area contributed by atoms with E-state index in [2.05, 4.69) is 14.8 Å². The zero-order valence-electron chi connectivity index (χ0n) is 14.5. The molecule has 1 heterocycles. The first kappa shape index (κ1) is 19.3. The molecule has 3 rings (SSSR count). The van der Waals surface area contributed by atoms with Gasteiger partial charge in [-0.15, -0.1) is 8.78 Å². The summed E-state index contributed by atoms with van der Waals surface area (Å²) in [5.41, 5.74) is 0.499. The Morgan fingerprint density at radius 1 is 1.11 bits per heavy atom. The topological polar surface area (TPSA) is 83.1 Å². The third-order valence-electron chi connectivity index (χ3n) is 3.61. The summed E-state index contributed by atoms with van der Waals surface area (Å²) in [6, 6.07) is 7.66. The Morgan fingerprint density at radius 3 is 2.57 bits per heavy atom. The summed E-state index contributed by atoms with van der Waals surface area (Å²) < 4.78 is 57.6. The molecule has 10 heteroatoms. The number of halogens is 3. The summed E-state index contributed by atoms with van der Waals surface area (Å²) >= 11 is 0. The van der Waals surface area contributed by atoms with Crippen molar-refractivity contribution >= 4 is 17.6 Å². The first-order valence-electron chi connectivity index (χ1n) is 7.93. The number of esters is 1. The molecular weight excluding hydrogens is 383 g/mol. The molecule has 0 spiro atoms. The Bertz CT molecular complexity index is 918. The van der Waals surface area contributed by atoms with Gasteiger partial charge in [-0.2, -0.15) is 0 Å². The highest BCUT2D eigenvalue weighted by molar-refractivity contribution is 5.93. The van der Waals surface area contributed by atoms with E-state index in [1.165, 1.54) is 31.4 Å². The number of anilines is 1. The highest BCUT2D eigenvalue weighted by Crippen LogP contribution is 2.42. The molecule has 1 amide bonds. The van der Waals surface area contributed by atoms with Crippen LogP contribution in [-0.4, -0.2) is 31.9 Å². The van der Waals surface area contributed by atoms with Gasteiger partial charge in [-0.05, 0) is 29.8 Å². The quantitative estimate of drug-likeness (QED) is 0.755. The van der Waals surface area contributed by atoms with Crippen molar-refractivity contribution in [3.8, 4) is 17.2 Å². The normalized spacial score (nSPS) is 13.7. The third-order valence-corrected chi connectivity index (χ3v) is 3.61. The van der Waals surface area contributed by atoms with E-state index in [0.29, 0.717) is 5.56 Å². The molecule has 0 atom stereocenters. The summed E-state index contributed by atoms with van der Waals surface area (Å²) in [4.78, 5) is 23.6. The van der Waals surface area contributed by atoms with Crippen molar-refractivity contribution in [2.24, 2.45) is 0 Å². The molecule has 148 valence electrons. The van der Waals surface area contributed by atoms with Crippen molar-refractivity contribution in [1.29, 1.82) is 0 Å². The van der Waals surface area contributed by atoms with E-state index in [1.54, 1.807) is 0 Å². The molecule has 0 saturated heterocycles. The molecule has 7 nitrogen and oxygen atoms in total. The van der Waals surface area contributed by atoms with Crippen LogP contribution in [0.15, 0.2) is 36.4 Å². The zero-order valence-corrected chi connectivity index (χ0v) is 14.5. The number of benzene rings is 2. The van der Waals surface area contributed by atoms with Crippen molar-refractivity contribution in [3.05, 3.63) is 47.8 Å². The summed E-state index contributed by atoms with van der Waals surface area (Å²) in [6.07, 6.45) is -4.01. The lowest BCUT2D eigenvalue weighted by atomic mass is 10.1. The minimum absolute atomic E-state index is 0.0398. The van der Waals surface area contributed by atoms with Crippen LogP contribution in [0.4, 0.5) is 18.9 Å². The summed E-state index contributed by atoms with van der Waals surface area (Å²) in [7, 11) is 1.32. The minimum atomic E-state index is -3.76. The van der Waals surface area contributed by atoms with E-state index in [1.807, 2.05) is 0 Å². The molecule has 2 aromatic carbocycles. The van der Waals surface area contributed by atoms with Crippen LogP contribution in [-0.2, 0) is 20.7 Å². The molecule has 0 bridgehead atoms. The minimum Gasteiger partial charge on any atom is -0.494 e. The van der Waals surface area contributed by atoms with Crippen molar-refractivity contribution in [2.75, 3.05) is 19.0 Å². The van der Waals surface area contributed by atoms with E-state index in [9.17, 15) is 22.8 Å². The van der Waals surface area contributed by atoms with Gasteiger partial charge in [0.2, 0.25) is 0 Å². The van der Waals surface area contributed by atoms with Crippen LogP contribution in [0, 0.1) is 5.82 Å². The van der Waals surface area contributed by atoms with Crippen LogP contribution in [0.3, 0.4) is 0 Å². The highest BCUT2D eigenvalue weighted by atomic mass is 19.3. The van der Waals surface area contributed by atoms with Crippen molar-refractivity contribution in [1.82, 2.24) is 0 Å². The maximum atomic E-state index is 13.6. The van der Waals surface area contributed by atoms with Crippen molar-refractivity contribution < 1.29 is 41.7 Å². The van der Waals surface area contributed by atoms with E-state index in [4.69, 9.17) is 9.47 Å². The summed E-state index contributed by atoms with van der Waals surface area (Å²) in [5.74, 6) is -2.43. The van der Waals surface area contributed by atoms with Gasteiger partial charge in [0.15, 0.2) is 29.7 Å². The van der Waals surface area contributed by atoms with Gasteiger partial charge < -0.3 is 24.3 Å². The van der Waals surface area contributed by atoms with Gasteiger partial charge in [0.05, 0.1) is 13.5 Å². The maximum absolute atomic E-state index is 13.6. The second-order valence-electron chi connectivity index (χ2n) is 5.68. The van der Waals surface area contributed by atoms with Crippen LogP contribution in [0.25, 0.3) is 0 Å². The Balaban J connectivity index is 1.49. The van der Waals surface area contributed by atoms with Gasteiger partial charge in [0, 0.05) is 11.8 Å². The molecular formula is C18H14F3NO6. The molecule has 0 saturated carbocycles. The second kappa shape index (κ2) is 7.67. The summed E-state index contributed by atoms with van der Waals surface area (Å²) in [5, 5.41) is 2.37. The molecule has 0 aliphatic carbocycles. The lowest BCUT2D eigenvalue weighted by molar-refractivity contribution is -0.286. The Morgan fingerprint density at radius 2 is 1.86 bits per heavy atom. The van der Waals surface area contributed by atoms with E-state index < -0.39 is 30.6 Å². The van der Waals surface area contributed by atoms with Gasteiger partial charge in [-0.3, -0.25) is 9.59 Å². The number of nitrogens with one attached hydrogen (secondary N) is 1. The SMILES string of the molecule is COc1ccc(CC(=O)OCC(=O)Nc2ccc3c(c2)OC(F)(F)O3)cc1F. The van der Waals surface area contributed by atoms with Gasteiger partial charge >= 0.3 is 12.3 Å². The second-order valence-corrected chi connectivity index (χ2v) is 5.68. The molecule has 2 aromatic rings. The maximum Gasteiger partial charge on any atom is 0.586 e. The van der Waals surface area contributed by atoms with Crippen molar-refractivity contribution in [3.63, 3.8) is 0 Å². The highest BCUT2D eigenvalue weighted by Gasteiger charge is 2.43. The first-order chi connectivity index (χ1) is 13.3. The van der Waals surface area contributed by atoms with Crippen molar-refractivity contribution in [2.45, 2.75) is 12.7 Å². The number of ether oxygens (including phenoxy) is 4. The number of fused-ring (bicyclic) bond motifs is 1. The average Bonchev–Trinajstić information content (AvgIpc) is 2.93. The van der Waals surface area contributed by atoms with E-state index in [0.717, 1.165) is 12.1 Å². The number of carbonyl (C=O) groups excluding carboxylic acids is 2. The monoisotopic (exact) mass is 397 g/mol. The number of rotatable bonds is 6. The molecule has 0 fully saturated rings. The molecule has 1 N–H and O–H groups in total. The lowest BCUT2D eigenvalue weighted by Crippen LogP contribution is -2.25. The van der Waals surface area contributed by atoms with Crippen LogP contribution in [0.2, 0.25) is 0 Å². The fourth-order valence-electron chi connectivity index (χ4n) is 2.41. The Labute approximate surface area is 156 Å². The number of hydrogen-bond donors (Lipinski definition) is 1. The molecule has 0 radical (unpaired) electrons. The molecule has 1 aliphatic rings. The fraction of sp³-hybridized carbons (Fsp3) is 0.222. The number of methoxy groups -OCH3 is 1. The van der Waals surface area contributed by atoms with Gasteiger partial charge in [-0.1, -0.05) is 6.07 Å². The smallest absolute Gasteiger partial charge is 0.494 e. The number of carbonyl (C=O) groups is 2. The largest absolute Gasteiger partial charge is 0.586 e. The van der Waals surface area contributed by atoms with Crippen LogP contribution < -0.4 is 19.5 Å². The number of alkyl halides is 2. The fourth-order valence-corrected chi connectivity index (χ4v) is 2.41. The van der Waals surface area contributed by atoms with Gasteiger partial charge in [-0.25, -0.2) is 4.39 Å². The van der Waals surface area contributed by atoms with E-state index in [-0.39, 0.29) is 29.4 Å². The molecule has 1 aliphatic heterocycles. The third kappa shape index (κ3) is 4.64. The van der Waals surface area contributed by atoms with Crippen LogP contribution in [0.1, 0.15) is 5.56 Å².